The molecule has 1 aromatic heterocycles. The quantitative estimate of drug-likeness (QED) is 0.418. The van der Waals surface area contributed by atoms with Gasteiger partial charge in [-0.25, -0.2) is 0 Å². The number of nitrogens with one attached hydrogen (secondary N) is 1. The molecule has 1 amide bonds. The maximum absolute atomic E-state index is 12.8. The van der Waals surface area contributed by atoms with Crippen molar-refractivity contribution in [2.75, 3.05) is 11.9 Å². The number of ether oxygens (including phenoxy) is 2. The predicted octanol–water partition coefficient (Wildman–Crippen LogP) is 6.53. The molecule has 1 N–H and O–H groups in total. The number of pyridine rings is 1. The number of carbonyl (C=O) groups is 1. The van der Waals surface area contributed by atoms with Crippen molar-refractivity contribution in [3.8, 4) is 11.5 Å². The number of carbonyl (C=O) groups excluding carboxylic acids is 1. The first-order chi connectivity index (χ1) is 15.4. The van der Waals surface area contributed by atoms with E-state index in [0.29, 0.717) is 41.6 Å². The number of anilines is 1. The highest BCUT2D eigenvalue weighted by molar-refractivity contribution is 6.05. The molecule has 1 heterocycles. The molecule has 1 unspecified atom stereocenters. The van der Waals surface area contributed by atoms with Crippen LogP contribution in [0.4, 0.5) is 5.69 Å². The van der Waals surface area contributed by atoms with Crippen molar-refractivity contribution >= 4 is 11.6 Å². The lowest BCUT2D eigenvalue weighted by molar-refractivity contribution is 0.0761. The molecule has 5 nitrogen and oxygen atoms in total. The zero-order chi connectivity index (χ0) is 23.1. The third kappa shape index (κ3) is 6.41. The highest BCUT2D eigenvalue weighted by Crippen LogP contribution is 2.27. The van der Waals surface area contributed by atoms with Crippen molar-refractivity contribution in [1.29, 1.82) is 0 Å². The Labute approximate surface area is 190 Å². The SMILES string of the molecule is CCOC(C)Cc1ccc(C(=O)Nc2cccc(Oc3cccc(C(C)C)c3)c2)c(C)n1. The van der Waals surface area contributed by atoms with Gasteiger partial charge in [0.05, 0.1) is 17.4 Å². The maximum atomic E-state index is 12.8. The van der Waals surface area contributed by atoms with Crippen LogP contribution in [0.3, 0.4) is 0 Å². The van der Waals surface area contributed by atoms with Crippen LogP contribution in [0.2, 0.25) is 0 Å². The summed E-state index contributed by atoms with van der Waals surface area (Å²) in [5, 5.41) is 2.95. The van der Waals surface area contributed by atoms with Gasteiger partial charge in [-0.05, 0) is 68.7 Å². The molecule has 0 saturated heterocycles. The van der Waals surface area contributed by atoms with E-state index in [-0.39, 0.29) is 12.0 Å². The van der Waals surface area contributed by atoms with Gasteiger partial charge in [0.1, 0.15) is 11.5 Å². The summed E-state index contributed by atoms with van der Waals surface area (Å²) in [6.45, 7) is 10.8. The Hall–Kier alpha value is -3.18. The van der Waals surface area contributed by atoms with Crippen LogP contribution in [-0.4, -0.2) is 23.6 Å². The van der Waals surface area contributed by atoms with E-state index in [1.54, 1.807) is 0 Å². The molecule has 168 valence electrons. The number of rotatable bonds is 9. The van der Waals surface area contributed by atoms with Gasteiger partial charge in [-0.1, -0.05) is 32.0 Å². The van der Waals surface area contributed by atoms with Gasteiger partial charge in [-0.2, -0.15) is 0 Å². The summed E-state index contributed by atoms with van der Waals surface area (Å²) in [4.78, 5) is 17.4. The molecule has 5 heteroatoms. The van der Waals surface area contributed by atoms with Gasteiger partial charge in [-0.15, -0.1) is 0 Å². The first kappa shape index (κ1) is 23.5. The van der Waals surface area contributed by atoms with Crippen LogP contribution in [0.15, 0.2) is 60.7 Å². The molecule has 1 atom stereocenters. The minimum absolute atomic E-state index is 0.0931. The molecule has 0 radical (unpaired) electrons. The lowest BCUT2D eigenvalue weighted by Crippen LogP contribution is -2.16. The van der Waals surface area contributed by atoms with E-state index >= 15 is 0 Å². The first-order valence-electron chi connectivity index (χ1n) is 11.1. The number of aromatic nitrogens is 1. The van der Waals surface area contributed by atoms with Crippen molar-refractivity contribution in [2.45, 2.75) is 53.1 Å². The molecule has 32 heavy (non-hydrogen) atoms. The molecule has 0 aliphatic heterocycles. The van der Waals surface area contributed by atoms with Crippen LogP contribution in [0.1, 0.15) is 60.9 Å². The minimum atomic E-state index is -0.196. The zero-order valence-electron chi connectivity index (χ0n) is 19.5. The number of hydrogen-bond acceptors (Lipinski definition) is 4. The number of hydrogen-bond donors (Lipinski definition) is 1. The Morgan fingerprint density at radius 2 is 1.72 bits per heavy atom. The van der Waals surface area contributed by atoms with Gasteiger partial charge >= 0.3 is 0 Å². The number of benzene rings is 2. The van der Waals surface area contributed by atoms with Crippen LogP contribution < -0.4 is 10.1 Å². The third-order valence-electron chi connectivity index (χ3n) is 5.19. The van der Waals surface area contributed by atoms with Gasteiger partial charge in [0, 0.05) is 30.5 Å². The highest BCUT2D eigenvalue weighted by Gasteiger charge is 2.13. The van der Waals surface area contributed by atoms with E-state index in [0.717, 1.165) is 11.4 Å². The van der Waals surface area contributed by atoms with Crippen LogP contribution in [0.25, 0.3) is 0 Å². The van der Waals surface area contributed by atoms with Crippen molar-refractivity contribution in [1.82, 2.24) is 4.98 Å². The lowest BCUT2D eigenvalue weighted by Gasteiger charge is -2.13. The molecule has 2 aromatic carbocycles. The van der Waals surface area contributed by atoms with Gasteiger partial charge in [0.25, 0.3) is 5.91 Å². The predicted molar refractivity (Wildman–Crippen MR) is 129 cm³/mol. The normalized spacial score (nSPS) is 11.9. The first-order valence-corrected chi connectivity index (χ1v) is 11.1. The highest BCUT2D eigenvalue weighted by atomic mass is 16.5. The fourth-order valence-corrected chi connectivity index (χ4v) is 3.51. The third-order valence-corrected chi connectivity index (χ3v) is 5.19. The molecule has 0 aliphatic rings. The van der Waals surface area contributed by atoms with Crippen molar-refractivity contribution in [2.24, 2.45) is 0 Å². The van der Waals surface area contributed by atoms with E-state index in [1.807, 2.05) is 75.4 Å². The summed E-state index contributed by atoms with van der Waals surface area (Å²) >= 11 is 0. The molecular weight excluding hydrogens is 400 g/mol. The largest absolute Gasteiger partial charge is 0.457 e. The van der Waals surface area contributed by atoms with Gasteiger partial charge in [0.2, 0.25) is 0 Å². The van der Waals surface area contributed by atoms with E-state index in [9.17, 15) is 4.79 Å². The Balaban J connectivity index is 1.69. The summed E-state index contributed by atoms with van der Waals surface area (Å²) in [7, 11) is 0. The second kappa shape index (κ2) is 10.9. The van der Waals surface area contributed by atoms with Crippen molar-refractivity contribution in [3.05, 3.63) is 83.2 Å². The van der Waals surface area contributed by atoms with Crippen LogP contribution in [0.5, 0.6) is 11.5 Å². The molecular formula is C27H32N2O3. The van der Waals surface area contributed by atoms with Crippen LogP contribution in [0, 0.1) is 6.92 Å². The fraction of sp³-hybridized carbons (Fsp3) is 0.333. The maximum Gasteiger partial charge on any atom is 0.257 e. The summed E-state index contributed by atoms with van der Waals surface area (Å²) < 4.78 is 11.6. The lowest BCUT2D eigenvalue weighted by atomic mass is 10.0. The monoisotopic (exact) mass is 432 g/mol. The van der Waals surface area contributed by atoms with E-state index in [2.05, 4.69) is 30.2 Å². The van der Waals surface area contributed by atoms with Gasteiger partial charge in [-0.3, -0.25) is 9.78 Å². The summed E-state index contributed by atoms with van der Waals surface area (Å²) in [5.74, 6) is 1.67. The van der Waals surface area contributed by atoms with Crippen molar-refractivity contribution in [3.63, 3.8) is 0 Å². The van der Waals surface area contributed by atoms with Crippen molar-refractivity contribution < 1.29 is 14.3 Å². The van der Waals surface area contributed by atoms with Gasteiger partial charge < -0.3 is 14.8 Å². The van der Waals surface area contributed by atoms with Crippen LogP contribution in [-0.2, 0) is 11.2 Å². The Morgan fingerprint density at radius 3 is 2.41 bits per heavy atom. The number of nitrogens with zero attached hydrogens (tertiary/aromatic N) is 1. The Bertz CT molecular complexity index is 1060. The van der Waals surface area contributed by atoms with Gasteiger partial charge in [0.15, 0.2) is 0 Å². The smallest absolute Gasteiger partial charge is 0.257 e. The second-order valence-corrected chi connectivity index (χ2v) is 8.22. The molecule has 0 saturated carbocycles. The number of amides is 1. The summed E-state index contributed by atoms with van der Waals surface area (Å²) in [5.41, 5.74) is 4.05. The fourth-order valence-electron chi connectivity index (χ4n) is 3.51. The molecule has 0 fully saturated rings. The molecule has 0 spiro atoms. The van der Waals surface area contributed by atoms with Crippen LogP contribution >= 0.6 is 0 Å². The average Bonchev–Trinajstić information content (AvgIpc) is 2.74. The number of aryl methyl sites for hydroxylation is 1. The second-order valence-electron chi connectivity index (χ2n) is 8.22. The average molecular weight is 433 g/mol. The topological polar surface area (TPSA) is 60.5 Å². The molecule has 3 rings (SSSR count). The summed E-state index contributed by atoms with van der Waals surface area (Å²) in [6.07, 6.45) is 0.809. The standard InChI is InChI=1S/C27H32N2O3/c1-6-31-19(4)15-23-13-14-26(20(5)28-23)27(30)29-22-10-8-12-25(17-22)32-24-11-7-9-21(16-24)18(2)3/h7-14,16-19H,6,15H2,1-5H3,(H,29,30). The van der Waals surface area contributed by atoms with E-state index in [4.69, 9.17) is 9.47 Å². The van der Waals surface area contributed by atoms with E-state index < -0.39 is 0 Å². The Morgan fingerprint density at radius 1 is 1.00 bits per heavy atom. The van der Waals surface area contributed by atoms with E-state index in [1.165, 1.54) is 5.56 Å². The molecule has 0 aliphatic carbocycles. The minimum Gasteiger partial charge on any atom is -0.457 e. The zero-order valence-corrected chi connectivity index (χ0v) is 19.5. The summed E-state index contributed by atoms with van der Waals surface area (Å²) in [6, 6.07) is 19.2. The molecule has 3 aromatic rings. The molecule has 0 bridgehead atoms. The Kier molecular flexibility index (Phi) is 8.01.